The maximum Gasteiger partial charge on any atom is 0.292 e. The topological polar surface area (TPSA) is 94.6 Å². The molecule has 0 unspecified atom stereocenters. The number of nitrogens with one attached hydrogen (secondary N) is 1. The lowest BCUT2D eigenvalue weighted by molar-refractivity contribution is -0.383. The number of nitro benzene ring substituents is 1. The number of hydrogen-bond acceptors (Lipinski definition) is 5. The van der Waals surface area contributed by atoms with Crippen LogP contribution < -0.4 is 10.1 Å². The highest BCUT2D eigenvalue weighted by atomic mass is 16.6. The van der Waals surface area contributed by atoms with Crippen molar-refractivity contribution in [1.82, 2.24) is 0 Å². The fourth-order valence-corrected chi connectivity index (χ4v) is 2.37. The molecule has 0 aliphatic heterocycles. The molecular formula is C19H16N2O5. The maximum absolute atomic E-state index is 12.3. The first kappa shape index (κ1) is 17.2. The summed E-state index contributed by atoms with van der Waals surface area (Å²) < 4.78 is 11.1. The number of ether oxygens (including phenoxy) is 1. The number of hydrogen-bond donors (Lipinski definition) is 1. The Bertz CT molecular complexity index is 948. The lowest BCUT2D eigenvalue weighted by Crippen LogP contribution is -2.12. The van der Waals surface area contributed by atoms with Crippen LogP contribution in [0, 0.1) is 17.0 Å². The summed E-state index contributed by atoms with van der Waals surface area (Å²) in [5.41, 5.74) is 0.917. The summed E-state index contributed by atoms with van der Waals surface area (Å²) in [4.78, 5) is 22.7. The highest BCUT2D eigenvalue weighted by Crippen LogP contribution is 2.24. The number of carbonyl (C=O) groups is 1. The molecule has 1 N–H and O–H groups in total. The largest absolute Gasteiger partial charge is 0.485 e. The first-order chi connectivity index (χ1) is 12.5. The van der Waals surface area contributed by atoms with Gasteiger partial charge in [0.05, 0.1) is 4.92 Å². The highest BCUT2D eigenvalue weighted by Gasteiger charge is 2.18. The van der Waals surface area contributed by atoms with Gasteiger partial charge in [-0.3, -0.25) is 14.9 Å². The van der Waals surface area contributed by atoms with Crippen molar-refractivity contribution >= 4 is 17.3 Å². The Hall–Kier alpha value is -3.61. The monoisotopic (exact) mass is 352 g/mol. The summed E-state index contributed by atoms with van der Waals surface area (Å²) in [6.45, 7) is 2.10. The Morgan fingerprint density at radius 2 is 1.85 bits per heavy atom. The smallest absolute Gasteiger partial charge is 0.292 e. The fraction of sp³-hybridized carbons (Fsp3) is 0.105. The summed E-state index contributed by atoms with van der Waals surface area (Å²) in [5.74, 6) is 0.684. The fourth-order valence-electron chi connectivity index (χ4n) is 2.37. The van der Waals surface area contributed by atoms with Gasteiger partial charge < -0.3 is 14.5 Å². The predicted molar refractivity (Wildman–Crippen MR) is 95.3 cm³/mol. The summed E-state index contributed by atoms with van der Waals surface area (Å²) >= 11 is 0. The third-order valence-corrected chi connectivity index (χ3v) is 3.70. The Kier molecular flexibility index (Phi) is 4.98. The van der Waals surface area contributed by atoms with Crippen molar-refractivity contribution < 1.29 is 18.9 Å². The minimum Gasteiger partial charge on any atom is -0.485 e. The molecule has 3 rings (SSSR count). The van der Waals surface area contributed by atoms with Crippen molar-refractivity contribution in [1.29, 1.82) is 0 Å². The van der Waals surface area contributed by atoms with Gasteiger partial charge in [-0.05, 0) is 36.8 Å². The Morgan fingerprint density at radius 1 is 1.12 bits per heavy atom. The zero-order valence-electron chi connectivity index (χ0n) is 14.0. The number of anilines is 1. The van der Waals surface area contributed by atoms with Gasteiger partial charge in [-0.15, -0.1) is 0 Å². The van der Waals surface area contributed by atoms with Crippen LogP contribution in [0.2, 0.25) is 0 Å². The molecule has 0 atom stereocenters. The van der Waals surface area contributed by atoms with Crippen molar-refractivity contribution in [3.05, 3.63) is 87.9 Å². The number of carbonyl (C=O) groups excluding carboxylic acids is 1. The SMILES string of the molecule is Cc1ccccc1OCc1ccc(C(=O)Nc2ccccc2[N+](=O)[O-])o1. The summed E-state index contributed by atoms with van der Waals surface area (Å²) in [6.07, 6.45) is 0. The molecule has 0 radical (unpaired) electrons. The lowest BCUT2D eigenvalue weighted by atomic mass is 10.2. The standard InChI is InChI=1S/C19H16N2O5/c1-13-6-2-5-9-17(13)25-12-14-10-11-18(26-14)19(22)20-15-7-3-4-8-16(15)21(23)24/h2-11H,12H2,1H3,(H,20,22). The molecule has 1 aromatic heterocycles. The van der Waals surface area contributed by atoms with Crippen LogP contribution in [0.3, 0.4) is 0 Å². The molecule has 0 bridgehead atoms. The van der Waals surface area contributed by atoms with E-state index in [1.165, 1.54) is 24.3 Å². The van der Waals surface area contributed by atoms with E-state index in [4.69, 9.17) is 9.15 Å². The number of amides is 1. The molecule has 26 heavy (non-hydrogen) atoms. The van der Waals surface area contributed by atoms with Crippen molar-refractivity contribution in [3.63, 3.8) is 0 Å². The van der Waals surface area contributed by atoms with E-state index < -0.39 is 10.8 Å². The summed E-state index contributed by atoms with van der Waals surface area (Å²) in [6, 6.07) is 16.6. The number of nitrogens with zero attached hydrogens (tertiary/aromatic N) is 1. The molecule has 0 spiro atoms. The molecule has 0 saturated carbocycles. The molecule has 1 amide bonds. The van der Waals surface area contributed by atoms with Gasteiger partial charge in [-0.1, -0.05) is 30.3 Å². The molecule has 2 aromatic carbocycles. The van der Waals surface area contributed by atoms with E-state index >= 15 is 0 Å². The molecule has 1 heterocycles. The van der Waals surface area contributed by atoms with E-state index in [0.29, 0.717) is 5.76 Å². The second-order valence-corrected chi connectivity index (χ2v) is 5.55. The van der Waals surface area contributed by atoms with E-state index in [1.807, 2.05) is 31.2 Å². The summed E-state index contributed by atoms with van der Waals surface area (Å²) in [7, 11) is 0. The van der Waals surface area contributed by atoms with Crippen molar-refractivity contribution in [2.75, 3.05) is 5.32 Å². The number of rotatable bonds is 6. The van der Waals surface area contributed by atoms with Gasteiger partial charge in [-0.2, -0.15) is 0 Å². The molecule has 0 fully saturated rings. The van der Waals surface area contributed by atoms with Crippen molar-refractivity contribution in [3.8, 4) is 5.75 Å². The zero-order chi connectivity index (χ0) is 18.5. The number of para-hydroxylation sites is 3. The third-order valence-electron chi connectivity index (χ3n) is 3.70. The Morgan fingerprint density at radius 3 is 2.62 bits per heavy atom. The van der Waals surface area contributed by atoms with Crippen LogP contribution >= 0.6 is 0 Å². The average molecular weight is 352 g/mol. The second-order valence-electron chi connectivity index (χ2n) is 5.55. The molecule has 0 saturated heterocycles. The summed E-state index contributed by atoms with van der Waals surface area (Å²) in [5, 5.41) is 13.5. The van der Waals surface area contributed by atoms with Gasteiger partial charge in [0.2, 0.25) is 0 Å². The maximum atomic E-state index is 12.3. The number of furan rings is 1. The second kappa shape index (κ2) is 7.52. The van der Waals surface area contributed by atoms with Crippen LogP contribution in [0.4, 0.5) is 11.4 Å². The number of aryl methyl sites for hydroxylation is 1. The minimum absolute atomic E-state index is 0.0477. The van der Waals surface area contributed by atoms with Crippen molar-refractivity contribution in [2.24, 2.45) is 0 Å². The molecule has 0 aliphatic carbocycles. The van der Waals surface area contributed by atoms with Crippen LogP contribution in [-0.4, -0.2) is 10.8 Å². The normalized spacial score (nSPS) is 10.3. The minimum atomic E-state index is -0.568. The van der Waals surface area contributed by atoms with E-state index in [9.17, 15) is 14.9 Å². The van der Waals surface area contributed by atoms with Crippen LogP contribution in [0.1, 0.15) is 21.9 Å². The van der Waals surface area contributed by atoms with E-state index in [0.717, 1.165) is 11.3 Å². The van der Waals surface area contributed by atoms with Crippen LogP contribution in [0.25, 0.3) is 0 Å². The zero-order valence-corrected chi connectivity index (χ0v) is 14.0. The molecule has 132 valence electrons. The van der Waals surface area contributed by atoms with Gasteiger partial charge in [-0.25, -0.2) is 0 Å². The van der Waals surface area contributed by atoms with Crippen LogP contribution in [-0.2, 0) is 6.61 Å². The quantitative estimate of drug-likeness (QED) is 0.526. The molecule has 7 nitrogen and oxygen atoms in total. The molecule has 7 heteroatoms. The van der Waals surface area contributed by atoms with Crippen LogP contribution in [0.15, 0.2) is 65.1 Å². The lowest BCUT2D eigenvalue weighted by Gasteiger charge is -2.07. The van der Waals surface area contributed by atoms with Gasteiger partial charge >= 0.3 is 0 Å². The third kappa shape index (κ3) is 3.89. The van der Waals surface area contributed by atoms with E-state index in [-0.39, 0.29) is 23.7 Å². The number of benzene rings is 2. The van der Waals surface area contributed by atoms with Crippen LogP contribution in [0.5, 0.6) is 5.75 Å². The predicted octanol–water partition coefficient (Wildman–Crippen LogP) is 4.33. The van der Waals surface area contributed by atoms with Gasteiger partial charge in [0.25, 0.3) is 11.6 Å². The molecule has 3 aromatic rings. The first-order valence-corrected chi connectivity index (χ1v) is 7.86. The van der Waals surface area contributed by atoms with Gasteiger partial charge in [0.15, 0.2) is 5.76 Å². The molecular weight excluding hydrogens is 336 g/mol. The van der Waals surface area contributed by atoms with Gasteiger partial charge in [0, 0.05) is 6.07 Å². The average Bonchev–Trinajstić information content (AvgIpc) is 3.10. The van der Waals surface area contributed by atoms with E-state index in [2.05, 4.69) is 5.32 Å². The number of nitro groups is 1. The van der Waals surface area contributed by atoms with Crippen molar-refractivity contribution in [2.45, 2.75) is 13.5 Å². The first-order valence-electron chi connectivity index (χ1n) is 7.86. The Balaban J connectivity index is 1.67. The Labute approximate surface area is 149 Å². The highest BCUT2D eigenvalue weighted by molar-refractivity contribution is 6.03. The van der Waals surface area contributed by atoms with Gasteiger partial charge in [0.1, 0.15) is 23.8 Å². The van der Waals surface area contributed by atoms with E-state index in [1.54, 1.807) is 12.1 Å². The molecule has 0 aliphatic rings.